The van der Waals surface area contributed by atoms with Crippen molar-refractivity contribution < 1.29 is 9.59 Å². The third-order valence-electron chi connectivity index (χ3n) is 3.48. The van der Waals surface area contributed by atoms with Gasteiger partial charge in [0.25, 0.3) is 5.91 Å². The summed E-state index contributed by atoms with van der Waals surface area (Å²) in [6.07, 6.45) is 6.88. The van der Waals surface area contributed by atoms with Crippen LogP contribution in [0.1, 0.15) is 22.8 Å². The molecule has 1 aromatic carbocycles. The molecule has 7 nitrogen and oxygen atoms in total. The van der Waals surface area contributed by atoms with Crippen LogP contribution in [0.3, 0.4) is 0 Å². The average Bonchev–Trinajstić information content (AvgIpc) is 3.14. The van der Waals surface area contributed by atoms with E-state index in [4.69, 9.17) is 0 Å². The number of carbonyl (C=O) groups excluding carboxylic acids is 2. The number of pyridine rings is 1. The maximum atomic E-state index is 12.3. The van der Waals surface area contributed by atoms with E-state index in [1.807, 2.05) is 18.3 Å². The van der Waals surface area contributed by atoms with Gasteiger partial charge in [0.1, 0.15) is 12.1 Å². The number of nitrogens with one attached hydrogen (secondary N) is 2. The maximum Gasteiger partial charge on any atom is 0.251 e. The summed E-state index contributed by atoms with van der Waals surface area (Å²) >= 11 is 0. The molecule has 0 fully saturated rings. The van der Waals surface area contributed by atoms with E-state index in [1.54, 1.807) is 47.6 Å². The minimum absolute atomic E-state index is 0.179. The summed E-state index contributed by atoms with van der Waals surface area (Å²) in [5.74, 6) is 0.364. The first-order chi connectivity index (χ1) is 12.1. The SMILES string of the molecule is CC(=O)Nc1cccc(C(=O)NCc2ccc(-n3ccnc3)nc2)c1. The summed E-state index contributed by atoms with van der Waals surface area (Å²) < 4.78 is 1.80. The van der Waals surface area contributed by atoms with Crippen molar-refractivity contribution in [3.8, 4) is 5.82 Å². The fraction of sp³-hybridized carbons (Fsp3) is 0.111. The van der Waals surface area contributed by atoms with Crippen LogP contribution in [-0.4, -0.2) is 26.3 Å². The lowest BCUT2D eigenvalue weighted by molar-refractivity contribution is -0.114. The average molecular weight is 335 g/mol. The molecule has 2 aromatic heterocycles. The molecule has 3 aromatic rings. The second-order valence-corrected chi connectivity index (χ2v) is 5.44. The van der Waals surface area contributed by atoms with E-state index >= 15 is 0 Å². The van der Waals surface area contributed by atoms with E-state index in [2.05, 4.69) is 20.6 Å². The van der Waals surface area contributed by atoms with Crippen molar-refractivity contribution in [2.24, 2.45) is 0 Å². The van der Waals surface area contributed by atoms with Gasteiger partial charge in [-0.25, -0.2) is 9.97 Å². The zero-order valence-corrected chi connectivity index (χ0v) is 13.6. The van der Waals surface area contributed by atoms with Crippen molar-refractivity contribution in [3.63, 3.8) is 0 Å². The zero-order valence-electron chi connectivity index (χ0n) is 13.6. The summed E-state index contributed by atoms with van der Waals surface area (Å²) in [7, 11) is 0. The molecule has 2 N–H and O–H groups in total. The molecule has 0 saturated carbocycles. The Morgan fingerprint density at radius 2 is 2.08 bits per heavy atom. The molecule has 0 aliphatic heterocycles. The summed E-state index contributed by atoms with van der Waals surface area (Å²) in [5.41, 5.74) is 1.95. The summed E-state index contributed by atoms with van der Waals surface area (Å²) in [4.78, 5) is 31.7. The van der Waals surface area contributed by atoms with Gasteiger partial charge < -0.3 is 10.6 Å². The highest BCUT2D eigenvalue weighted by Crippen LogP contribution is 2.11. The standard InChI is InChI=1S/C18H17N5O2/c1-13(24)22-16-4-2-3-15(9-16)18(25)21-11-14-5-6-17(20-10-14)23-8-7-19-12-23/h2-10,12H,11H2,1H3,(H,21,25)(H,22,24). The van der Waals surface area contributed by atoms with Gasteiger partial charge in [0.2, 0.25) is 5.91 Å². The minimum atomic E-state index is -0.217. The van der Waals surface area contributed by atoms with Gasteiger partial charge in [-0.3, -0.25) is 14.2 Å². The van der Waals surface area contributed by atoms with Crippen LogP contribution in [0.25, 0.3) is 5.82 Å². The third kappa shape index (κ3) is 4.29. The molecule has 0 saturated heterocycles. The molecule has 0 aliphatic carbocycles. The number of amides is 2. The van der Waals surface area contributed by atoms with Gasteiger partial charge in [0.15, 0.2) is 0 Å². The van der Waals surface area contributed by atoms with Crippen LogP contribution in [-0.2, 0) is 11.3 Å². The highest BCUT2D eigenvalue weighted by Gasteiger charge is 2.07. The van der Waals surface area contributed by atoms with Gasteiger partial charge in [-0.1, -0.05) is 12.1 Å². The molecule has 0 radical (unpaired) electrons. The molecule has 2 amide bonds. The van der Waals surface area contributed by atoms with Crippen LogP contribution in [0.15, 0.2) is 61.3 Å². The number of hydrogen-bond acceptors (Lipinski definition) is 4. The molecule has 0 aliphatic rings. The molecular formula is C18H17N5O2. The number of anilines is 1. The van der Waals surface area contributed by atoms with Gasteiger partial charge in [-0.05, 0) is 29.8 Å². The molecule has 0 spiro atoms. The van der Waals surface area contributed by atoms with Gasteiger partial charge in [0.05, 0.1) is 0 Å². The smallest absolute Gasteiger partial charge is 0.251 e. The molecule has 25 heavy (non-hydrogen) atoms. The predicted octanol–water partition coefficient (Wildman–Crippen LogP) is 2.16. The van der Waals surface area contributed by atoms with E-state index in [0.717, 1.165) is 11.4 Å². The van der Waals surface area contributed by atoms with Crippen molar-refractivity contribution in [3.05, 3.63) is 72.4 Å². The van der Waals surface area contributed by atoms with E-state index < -0.39 is 0 Å². The first-order valence-corrected chi connectivity index (χ1v) is 7.71. The molecule has 126 valence electrons. The monoisotopic (exact) mass is 335 g/mol. The van der Waals surface area contributed by atoms with Crippen LogP contribution >= 0.6 is 0 Å². The molecule has 0 unspecified atom stereocenters. The Morgan fingerprint density at radius 1 is 1.20 bits per heavy atom. The molecular weight excluding hydrogens is 318 g/mol. The van der Waals surface area contributed by atoms with E-state index in [-0.39, 0.29) is 11.8 Å². The Balaban J connectivity index is 1.61. The van der Waals surface area contributed by atoms with E-state index in [1.165, 1.54) is 6.92 Å². The van der Waals surface area contributed by atoms with Crippen molar-refractivity contribution in [1.82, 2.24) is 19.9 Å². The number of rotatable bonds is 5. The number of benzene rings is 1. The van der Waals surface area contributed by atoms with Gasteiger partial charge >= 0.3 is 0 Å². The quantitative estimate of drug-likeness (QED) is 0.748. The van der Waals surface area contributed by atoms with Gasteiger partial charge in [0, 0.05) is 43.3 Å². The second-order valence-electron chi connectivity index (χ2n) is 5.44. The van der Waals surface area contributed by atoms with Crippen molar-refractivity contribution in [2.75, 3.05) is 5.32 Å². The van der Waals surface area contributed by atoms with Crippen LogP contribution < -0.4 is 10.6 Å². The van der Waals surface area contributed by atoms with Crippen LogP contribution in [0.5, 0.6) is 0 Å². The Labute approximate surface area is 144 Å². The number of nitrogens with zero attached hydrogens (tertiary/aromatic N) is 3. The fourth-order valence-electron chi connectivity index (χ4n) is 2.29. The van der Waals surface area contributed by atoms with Crippen LogP contribution in [0.4, 0.5) is 5.69 Å². The first kappa shape index (κ1) is 16.4. The van der Waals surface area contributed by atoms with Crippen molar-refractivity contribution >= 4 is 17.5 Å². The van der Waals surface area contributed by atoms with Crippen molar-refractivity contribution in [2.45, 2.75) is 13.5 Å². The number of hydrogen-bond donors (Lipinski definition) is 2. The third-order valence-corrected chi connectivity index (χ3v) is 3.48. The van der Waals surface area contributed by atoms with Crippen LogP contribution in [0.2, 0.25) is 0 Å². The van der Waals surface area contributed by atoms with E-state index in [0.29, 0.717) is 17.8 Å². The highest BCUT2D eigenvalue weighted by atomic mass is 16.2. The normalized spacial score (nSPS) is 10.3. The first-order valence-electron chi connectivity index (χ1n) is 7.71. The second kappa shape index (κ2) is 7.39. The molecule has 3 rings (SSSR count). The Bertz CT molecular complexity index is 873. The number of imidazole rings is 1. The number of aromatic nitrogens is 3. The lowest BCUT2D eigenvalue weighted by atomic mass is 10.2. The van der Waals surface area contributed by atoms with Crippen LogP contribution in [0, 0.1) is 0 Å². The zero-order chi connectivity index (χ0) is 17.6. The Morgan fingerprint density at radius 3 is 2.76 bits per heavy atom. The molecule has 0 bridgehead atoms. The summed E-state index contributed by atoms with van der Waals surface area (Å²) in [6, 6.07) is 10.5. The predicted molar refractivity (Wildman–Crippen MR) is 93.3 cm³/mol. The lowest BCUT2D eigenvalue weighted by Gasteiger charge is -2.08. The summed E-state index contributed by atoms with van der Waals surface area (Å²) in [6.45, 7) is 1.79. The topological polar surface area (TPSA) is 88.9 Å². The molecule has 2 heterocycles. The largest absolute Gasteiger partial charge is 0.348 e. The maximum absolute atomic E-state index is 12.3. The van der Waals surface area contributed by atoms with Gasteiger partial charge in [-0.2, -0.15) is 0 Å². The summed E-state index contributed by atoms with van der Waals surface area (Å²) in [5, 5.41) is 5.50. The van der Waals surface area contributed by atoms with Gasteiger partial charge in [-0.15, -0.1) is 0 Å². The minimum Gasteiger partial charge on any atom is -0.348 e. The Hall–Kier alpha value is -3.48. The fourth-order valence-corrected chi connectivity index (χ4v) is 2.29. The Kier molecular flexibility index (Phi) is 4.84. The lowest BCUT2D eigenvalue weighted by Crippen LogP contribution is -2.23. The number of carbonyl (C=O) groups is 2. The van der Waals surface area contributed by atoms with E-state index in [9.17, 15) is 9.59 Å². The molecule has 7 heteroatoms. The highest BCUT2D eigenvalue weighted by molar-refractivity contribution is 5.96. The molecule has 0 atom stereocenters. The van der Waals surface area contributed by atoms with Crippen molar-refractivity contribution in [1.29, 1.82) is 0 Å².